The van der Waals surface area contributed by atoms with E-state index in [1.54, 1.807) is 11.8 Å². The molecule has 22 heavy (non-hydrogen) atoms. The third kappa shape index (κ3) is 5.46. The van der Waals surface area contributed by atoms with Crippen LogP contribution in [0.4, 0.5) is 5.13 Å². The van der Waals surface area contributed by atoms with E-state index in [4.69, 9.17) is 11.6 Å². The van der Waals surface area contributed by atoms with Gasteiger partial charge in [0.2, 0.25) is 11.0 Å². The minimum Gasteiger partial charge on any atom is -0.300 e. The molecule has 0 bridgehead atoms. The molecule has 1 aromatic heterocycles. The summed E-state index contributed by atoms with van der Waals surface area (Å²) in [6.07, 6.45) is 1.08. The Balaban J connectivity index is 1.88. The number of nitrogens with one attached hydrogen (secondary N) is 1. The lowest BCUT2D eigenvalue weighted by atomic mass is 10.4. The van der Waals surface area contributed by atoms with Crippen LogP contribution in [0, 0.1) is 0 Å². The summed E-state index contributed by atoms with van der Waals surface area (Å²) < 4.78 is 0.884. The molecule has 1 amide bonds. The molecule has 2 aromatic rings. The van der Waals surface area contributed by atoms with E-state index in [2.05, 4.69) is 22.4 Å². The van der Waals surface area contributed by atoms with Gasteiger partial charge in [-0.05, 0) is 37.6 Å². The van der Waals surface area contributed by atoms with Crippen LogP contribution >= 0.6 is 46.5 Å². The van der Waals surface area contributed by atoms with Crippen molar-refractivity contribution in [1.82, 2.24) is 10.2 Å². The molecule has 118 valence electrons. The zero-order chi connectivity index (χ0) is 15.9. The van der Waals surface area contributed by atoms with Crippen molar-refractivity contribution >= 4 is 57.5 Å². The van der Waals surface area contributed by atoms with Gasteiger partial charge in [0, 0.05) is 15.7 Å². The van der Waals surface area contributed by atoms with Gasteiger partial charge in [0.1, 0.15) is 0 Å². The molecule has 1 N–H and O–H groups in total. The number of nitrogens with zero attached hydrogens (tertiary/aromatic N) is 2. The average molecular weight is 374 g/mol. The fourth-order valence-electron chi connectivity index (χ4n) is 1.49. The second kappa shape index (κ2) is 8.76. The molecule has 8 heteroatoms. The van der Waals surface area contributed by atoms with Crippen LogP contribution in [0.25, 0.3) is 0 Å². The number of carbonyl (C=O) groups is 1. The molecule has 1 aromatic carbocycles. The Bertz CT molecular complexity index is 618. The van der Waals surface area contributed by atoms with Crippen LogP contribution in [0.3, 0.4) is 0 Å². The Morgan fingerprint density at radius 1 is 1.36 bits per heavy atom. The summed E-state index contributed by atoms with van der Waals surface area (Å²) in [4.78, 5) is 13.2. The quantitative estimate of drug-likeness (QED) is 0.557. The van der Waals surface area contributed by atoms with Crippen molar-refractivity contribution in [3.8, 4) is 0 Å². The fraction of sp³-hybridized carbons (Fsp3) is 0.357. The van der Waals surface area contributed by atoms with Crippen molar-refractivity contribution in [3.05, 3.63) is 29.3 Å². The number of rotatable bonds is 7. The predicted octanol–water partition coefficient (Wildman–Crippen LogP) is 4.81. The maximum absolute atomic E-state index is 12.2. The van der Waals surface area contributed by atoms with Crippen molar-refractivity contribution in [3.63, 3.8) is 0 Å². The third-order valence-electron chi connectivity index (χ3n) is 2.56. The summed E-state index contributed by atoms with van der Waals surface area (Å²) in [5.74, 6) is 0.925. The normalized spacial score (nSPS) is 12.1. The van der Waals surface area contributed by atoms with Crippen molar-refractivity contribution in [2.75, 3.05) is 11.1 Å². The molecule has 0 saturated carbocycles. The first-order valence-electron chi connectivity index (χ1n) is 6.78. The molecule has 0 aliphatic carbocycles. The number of hydrogen-bond acceptors (Lipinski definition) is 6. The Labute approximate surface area is 147 Å². The number of hydrogen-bond donors (Lipinski definition) is 1. The van der Waals surface area contributed by atoms with Gasteiger partial charge in [-0.15, -0.1) is 22.0 Å². The second-order valence-electron chi connectivity index (χ2n) is 4.42. The van der Waals surface area contributed by atoms with Crippen LogP contribution in [0.15, 0.2) is 33.5 Å². The largest absolute Gasteiger partial charge is 0.300 e. The minimum atomic E-state index is -0.225. The average Bonchev–Trinajstić information content (AvgIpc) is 2.95. The van der Waals surface area contributed by atoms with Crippen LogP contribution in [-0.4, -0.2) is 27.1 Å². The minimum absolute atomic E-state index is 0.0804. The number of anilines is 1. The summed E-state index contributed by atoms with van der Waals surface area (Å²) in [7, 11) is 0. The smallest absolute Gasteiger partial charge is 0.239 e. The standard InChI is InChI=1S/C14H16ClN3OS3/c1-3-8-20-14-18-17-13(22-14)16-12(19)9(2)21-11-6-4-10(15)5-7-11/h4-7,9H,3,8H2,1-2H3,(H,16,17,19)/t9-/m1/s1. The predicted molar refractivity (Wildman–Crippen MR) is 96.3 cm³/mol. The van der Waals surface area contributed by atoms with E-state index in [0.29, 0.717) is 10.2 Å². The van der Waals surface area contributed by atoms with Gasteiger partial charge in [-0.3, -0.25) is 10.1 Å². The SMILES string of the molecule is CCCSc1nnc(NC(=O)[C@@H](C)Sc2ccc(Cl)cc2)s1. The molecule has 1 heterocycles. The van der Waals surface area contributed by atoms with Crippen LogP contribution in [0.2, 0.25) is 5.02 Å². The van der Waals surface area contributed by atoms with E-state index < -0.39 is 0 Å². The van der Waals surface area contributed by atoms with Gasteiger partial charge >= 0.3 is 0 Å². The number of halogens is 1. The Kier molecular flexibility index (Phi) is 7.01. The van der Waals surface area contributed by atoms with Crippen molar-refractivity contribution in [2.24, 2.45) is 0 Å². The topological polar surface area (TPSA) is 54.9 Å². The van der Waals surface area contributed by atoms with Gasteiger partial charge in [-0.25, -0.2) is 0 Å². The maximum atomic E-state index is 12.2. The van der Waals surface area contributed by atoms with Crippen LogP contribution in [0.5, 0.6) is 0 Å². The van der Waals surface area contributed by atoms with Crippen molar-refractivity contribution in [1.29, 1.82) is 0 Å². The fourth-order valence-corrected chi connectivity index (χ4v) is 4.16. The zero-order valence-electron chi connectivity index (χ0n) is 12.2. The number of carbonyl (C=O) groups excluding carboxylic acids is 1. The van der Waals surface area contributed by atoms with E-state index in [0.717, 1.165) is 21.4 Å². The molecule has 0 aliphatic heterocycles. The Hall–Kier alpha value is -0.760. The molecule has 0 fully saturated rings. The van der Waals surface area contributed by atoms with Gasteiger partial charge in [0.15, 0.2) is 4.34 Å². The molecule has 4 nitrogen and oxygen atoms in total. The van der Waals surface area contributed by atoms with Gasteiger partial charge in [-0.2, -0.15) is 0 Å². The van der Waals surface area contributed by atoms with Gasteiger partial charge in [-0.1, -0.05) is 41.6 Å². The first kappa shape index (κ1) is 17.6. The molecule has 0 unspecified atom stereocenters. The summed E-state index contributed by atoms with van der Waals surface area (Å²) in [6, 6.07) is 7.44. The molecular weight excluding hydrogens is 358 g/mol. The Morgan fingerprint density at radius 2 is 2.09 bits per heavy atom. The van der Waals surface area contributed by atoms with Gasteiger partial charge in [0.05, 0.1) is 5.25 Å². The molecule has 0 aliphatic rings. The van der Waals surface area contributed by atoms with E-state index in [1.807, 2.05) is 31.2 Å². The summed E-state index contributed by atoms with van der Waals surface area (Å²) in [5, 5.41) is 11.9. The maximum Gasteiger partial charge on any atom is 0.239 e. The monoisotopic (exact) mass is 373 g/mol. The van der Waals surface area contributed by atoms with Crippen molar-refractivity contribution < 1.29 is 4.79 Å². The molecule has 0 radical (unpaired) electrons. The highest BCUT2D eigenvalue weighted by Crippen LogP contribution is 2.28. The highest BCUT2D eigenvalue weighted by Gasteiger charge is 2.16. The first-order chi connectivity index (χ1) is 10.6. The van der Waals surface area contributed by atoms with Crippen LogP contribution < -0.4 is 5.32 Å². The molecule has 1 atom stereocenters. The van der Waals surface area contributed by atoms with E-state index in [1.165, 1.54) is 23.1 Å². The van der Waals surface area contributed by atoms with E-state index in [-0.39, 0.29) is 11.2 Å². The number of amides is 1. The lowest BCUT2D eigenvalue weighted by Gasteiger charge is -2.10. The zero-order valence-corrected chi connectivity index (χ0v) is 15.4. The number of thioether (sulfide) groups is 2. The summed E-state index contributed by atoms with van der Waals surface area (Å²) >= 11 is 10.4. The van der Waals surface area contributed by atoms with Crippen LogP contribution in [-0.2, 0) is 4.79 Å². The molecular formula is C14H16ClN3OS3. The molecule has 0 saturated heterocycles. The van der Waals surface area contributed by atoms with Gasteiger partial charge in [0.25, 0.3) is 0 Å². The van der Waals surface area contributed by atoms with Crippen LogP contribution in [0.1, 0.15) is 20.3 Å². The lowest BCUT2D eigenvalue weighted by molar-refractivity contribution is -0.115. The highest BCUT2D eigenvalue weighted by molar-refractivity contribution is 8.01. The highest BCUT2D eigenvalue weighted by atomic mass is 35.5. The van der Waals surface area contributed by atoms with Gasteiger partial charge < -0.3 is 0 Å². The summed E-state index contributed by atoms with van der Waals surface area (Å²) in [6.45, 7) is 3.98. The van der Waals surface area contributed by atoms with Crippen molar-refractivity contribution in [2.45, 2.75) is 34.8 Å². The molecule has 2 rings (SSSR count). The van der Waals surface area contributed by atoms with E-state index >= 15 is 0 Å². The third-order valence-corrected chi connectivity index (χ3v) is 6.10. The first-order valence-corrected chi connectivity index (χ1v) is 9.84. The Morgan fingerprint density at radius 3 is 2.77 bits per heavy atom. The summed E-state index contributed by atoms with van der Waals surface area (Å²) in [5.41, 5.74) is 0. The number of aromatic nitrogens is 2. The lowest BCUT2D eigenvalue weighted by Crippen LogP contribution is -2.22. The van der Waals surface area contributed by atoms with E-state index in [9.17, 15) is 4.79 Å². The second-order valence-corrected chi connectivity index (χ2v) is 8.60. The number of benzene rings is 1. The molecule has 0 spiro atoms.